The number of aliphatic imine (C=N–C) groups is 1. The molecule has 4 nitrogen and oxygen atoms in total. The van der Waals surface area contributed by atoms with Crippen LogP contribution in [0.1, 0.15) is 5.56 Å². The molecule has 0 radical (unpaired) electrons. The molecule has 17 heavy (non-hydrogen) atoms. The molecule has 0 amide bonds. The molecule has 0 spiro atoms. The normalized spacial score (nSPS) is 17.3. The molecule has 3 rings (SSSR count). The van der Waals surface area contributed by atoms with Crippen molar-refractivity contribution < 1.29 is 14.6 Å². The maximum absolute atomic E-state index is 11.2. The Morgan fingerprint density at radius 2 is 2.18 bits per heavy atom. The third-order valence-electron chi connectivity index (χ3n) is 2.62. The fourth-order valence-corrected chi connectivity index (χ4v) is 1.78. The third kappa shape index (κ3) is 1.73. The number of aromatic hydroxyl groups is 1. The van der Waals surface area contributed by atoms with Crippen LogP contribution >= 0.6 is 0 Å². The highest BCUT2D eigenvalue weighted by Gasteiger charge is 2.18. The lowest BCUT2D eigenvalue weighted by molar-refractivity contribution is -0.110. The Morgan fingerprint density at radius 1 is 1.29 bits per heavy atom. The SMILES string of the molecule is O=C1C=CC2=Nc3ccc(O)cc3COC2=C1. The number of allylic oxidation sites excluding steroid dienone is 3. The van der Waals surface area contributed by atoms with Crippen LogP contribution in [-0.2, 0) is 16.1 Å². The number of carbonyl (C=O) groups excluding carboxylic acids is 1. The minimum absolute atomic E-state index is 0.104. The molecule has 1 aliphatic carbocycles. The monoisotopic (exact) mass is 227 g/mol. The summed E-state index contributed by atoms with van der Waals surface area (Å²) < 4.78 is 5.51. The highest BCUT2D eigenvalue weighted by molar-refractivity contribution is 6.19. The number of ether oxygens (including phenoxy) is 1. The summed E-state index contributed by atoms with van der Waals surface area (Å²) in [5.74, 6) is 0.555. The molecule has 0 atom stereocenters. The van der Waals surface area contributed by atoms with Crippen molar-refractivity contribution in [2.24, 2.45) is 4.99 Å². The first-order chi connectivity index (χ1) is 8.22. The number of rotatable bonds is 0. The highest BCUT2D eigenvalue weighted by Crippen LogP contribution is 2.29. The second kappa shape index (κ2) is 3.59. The summed E-state index contributed by atoms with van der Waals surface area (Å²) in [5, 5.41) is 9.39. The third-order valence-corrected chi connectivity index (χ3v) is 2.62. The number of benzene rings is 1. The van der Waals surface area contributed by atoms with Crippen molar-refractivity contribution in [2.75, 3.05) is 0 Å². The predicted octanol–water partition coefficient (Wildman–Crippen LogP) is 2.02. The summed E-state index contributed by atoms with van der Waals surface area (Å²) in [5.41, 5.74) is 2.18. The maximum Gasteiger partial charge on any atom is 0.182 e. The van der Waals surface area contributed by atoms with E-state index in [1.165, 1.54) is 12.2 Å². The van der Waals surface area contributed by atoms with Crippen LogP contribution in [0, 0.1) is 0 Å². The molecule has 0 fully saturated rings. The van der Waals surface area contributed by atoms with Gasteiger partial charge in [-0.05, 0) is 30.4 Å². The Kier molecular flexibility index (Phi) is 2.08. The topological polar surface area (TPSA) is 58.9 Å². The van der Waals surface area contributed by atoms with Crippen LogP contribution in [0.5, 0.6) is 5.75 Å². The number of ketones is 1. The van der Waals surface area contributed by atoms with E-state index in [9.17, 15) is 9.90 Å². The lowest BCUT2D eigenvalue weighted by Crippen LogP contribution is -2.09. The number of nitrogens with zero attached hydrogens (tertiary/aromatic N) is 1. The van der Waals surface area contributed by atoms with Gasteiger partial charge in [0.1, 0.15) is 23.8 Å². The van der Waals surface area contributed by atoms with E-state index in [1.54, 1.807) is 24.3 Å². The fraction of sp³-hybridized carbons (Fsp3) is 0.0769. The van der Waals surface area contributed by atoms with Gasteiger partial charge < -0.3 is 9.84 Å². The maximum atomic E-state index is 11.2. The molecular weight excluding hydrogens is 218 g/mol. The number of carbonyl (C=O) groups is 1. The van der Waals surface area contributed by atoms with E-state index in [0.717, 1.165) is 11.3 Å². The first-order valence-electron chi connectivity index (χ1n) is 5.20. The zero-order valence-corrected chi connectivity index (χ0v) is 8.88. The van der Waals surface area contributed by atoms with Crippen molar-refractivity contribution in [1.82, 2.24) is 0 Å². The Balaban J connectivity index is 2.11. The van der Waals surface area contributed by atoms with Crippen molar-refractivity contribution in [3.8, 4) is 5.75 Å². The number of fused-ring (bicyclic) bond motifs is 2. The van der Waals surface area contributed by atoms with Crippen molar-refractivity contribution in [3.63, 3.8) is 0 Å². The van der Waals surface area contributed by atoms with Gasteiger partial charge >= 0.3 is 0 Å². The standard InChI is InChI=1S/C13H9NO3/c15-9-1-3-11-8(5-9)7-17-13-6-10(16)2-4-12(13)14-11/h1-6,15H,7H2. The molecule has 1 N–H and O–H groups in total. The van der Waals surface area contributed by atoms with Gasteiger partial charge in [0.2, 0.25) is 0 Å². The summed E-state index contributed by atoms with van der Waals surface area (Å²) in [7, 11) is 0. The van der Waals surface area contributed by atoms with Crippen molar-refractivity contribution in [3.05, 3.63) is 47.7 Å². The minimum Gasteiger partial charge on any atom is -0.508 e. The molecule has 0 unspecified atom stereocenters. The molecule has 4 heteroatoms. The summed E-state index contributed by atoms with van der Waals surface area (Å²) >= 11 is 0. The predicted molar refractivity (Wildman–Crippen MR) is 62.2 cm³/mol. The molecule has 0 saturated carbocycles. The van der Waals surface area contributed by atoms with Gasteiger partial charge in [0, 0.05) is 11.6 Å². The molecule has 1 heterocycles. The van der Waals surface area contributed by atoms with E-state index in [0.29, 0.717) is 18.1 Å². The average Bonchev–Trinajstić information content (AvgIpc) is 2.48. The zero-order valence-electron chi connectivity index (χ0n) is 8.88. The van der Waals surface area contributed by atoms with Gasteiger partial charge in [-0.3, -0.25) is 4.79 Å². The second-order valence-electron chi connectivity index (χ2n) is 3.84. The van der Waals surface area contributed by atoms with E-state index in [-0.39, 0.29) is 11.5 Å². The number of phenols is 1. The van der Waals surface area contributed by atoms with Crippen molar-refractivity contribution in [2.45, 2.75) is 6.61 Å². The molecule has 2 aliphatic rings. The van der Waals surface area contributed by atoms with Crippen LogP contribution in [0.15, 0.2) is 47.2 Å². The Labute approximate surface area is 97.6 Å². The van der Waals surface area contributed by atoms with Crippen LogP contribution in [0.4, 0.5) is 5.69 Å². The quantitative estimate of drug-likeness (QED) is 0.690. The zero-order chi connectivity index (χ0) is 11.8. The van der Waals surface area contributed by atoms with Crippen LogP contribution in [0.25, 0.3) is 0 Å². The molecule has 1 aromatic rings. The van der Waals surface area contributed by atoms with Crippen molar-refractivity contribution in [1.29, 1.82) is 0 Å². The largest absolute Gasteiger partial charge is 0.508 e. The second-order valence-corrected chi connectivity index (χ2v) is 3.84. The molecular formula is C13H9NO3. The summed E-state index contributed by atoms with van der Waals surface area (Å²) in [4.78, 5) is 15.6. The van der Waals surface area contributed by atoms with Crippen LogP contribution in [0.3, 0.4) is 0 Å². The smallest absolute Gasteiger partial charge is 0.182 e. The lowest BCUT2D eigenvalue weighted by atomic mass is 10.1. The summed E-state index contributed by atoms with van der Waals surface area (Å²) in [6, 6.07) is 4.92. The van der Waals surface area contributed by atoms with E-state index in [4.69, 9.17) is 4.74 Å². The van der Waals surface area contributed by atoms with Crippen molar-refractivity contribution >= 4 is 17.2 Å². The lowest BCUT2D eigenvalue weighted by Gasteiger charge is -2.08. The van der Waals surface area contributed by atoms with Gasteiger partial charge in [-0.25, -0.2) is 4.99 Å². The van der Waals surface area contributed by atoms with E-state index >= 15 is 0 Å². The van der Waals surface area contributed by atoms with Crippen LogP contribution in [-0.4, -0.2) is 16.6 Å². The number of phenolic OH excluding ortho intramolecular Hbond substituents is 1. The Morgan fingerprint density at radius 3 is 3.06 bits per heavy atom. The average molecular weight is 227 g/mol. The molecule has 84 valence electrons. The van der Waals surface area contributed by atoms with Crippen LogP contribution < -0.4 is 0 Å². The summed E-state index contributed by atoms with van der Waals surface area (Å²) in [6.45, 7) is 0.295. The molecule has 0 aromatic heterocycles. The first-order valence-corrected chi connectivity index (χ1v) is 5.20. The van der Waals surface area contributed by atoms with Gasteiger partial charge in [-0.1, -0.05) is 0 Å². The van der Waals surface area contributed by atoms with Gasteiger partial charge in [0.25, 0.3) is 0 Å². The fourth-order valence-electron chi connectivity index (χ4n) is 1.78. The molecule has 0 saturated heterocycles. The molecule has 1 aromatic carbocycles. The Hall–Kier alpha value is -2.36. The molecule has 0 bridgehead atoms. The minimum atomic E-state index is -0.104. The van der Waals surface area contributed by atoms with Crippen LogP contribution in [0.2, 0.25) is 0 Å². The summed E-state index contributed by atoms with van der Waals surface area (Å²) in [6.07, 6.45) is 4.52. The Bertz CT molecular complexity index is 597. The van der Waals surface area contributed by atoms with Gasteiger partial charge in [0.15, 0.2) is 5.78 Å². The van der Waals surface area contributed by atoms with E-state index in [2.05, 4.69) is 4.99 Å². The number of hydrogen-bond acceptors (Lipinski definition) is 4. The highest BCUT2D eigenvalue weighted by atomic mass is 16.5. The molecule has 1 aliphatic heterocycles. The van der Waals surface area contributed by atoms with Gasteiger partial charge in [-0.2, -0.15) is 0 Å². The van der Waals surface area contributed by atoms with E-state index in [1.807, 2.05) is 0 Å². The van der Waals surface area contributed by atoms with Gasteiger partial charge in [-0.15, -0.1) is 0 Å². The van der Waals surface area contributed by atoms with Gasteiger partial charge in [0.05, 0.1) is 5.69 Å². The van der Waals surface area contributed by atoms with E-state index < -0.39 is 0 Å². The number of hydrogen-bond donors (Lipinski definition) is 1. The first kappa shape index (κ1) is 9.84.